The van der Waals surface area contributed by atoms with Crippen LogP contribution in [0.5, 0.6) is 0 Å². The molecule has 0 aromatic heterocycles. The third-order valence-corrected chi connectivity index (χ3v) is 4.20. The van der Waals surface area contributed by atoms with Crippen LogP contribution in [0.3, 0.4) is 0 Å². The highest BCUT2D eigenvalue weighted by molar-refractivity contribution is 5.84. The summed E-state index contributed by atoms with van der Waals surface area (Å²) in [6, 6.07) is 0. The van der Waals surface area contributed by atoms with E-state index in [0.29, 0.717) is 18.4 Å². The Kier molecular flexibility index (Phi) is 6.56. The van der Waals surface area contributed by atoms with Crippen molar-refractivity contribution < 1.29 is 4.74 Å². The highest BCUT2D eigenvalue weighted by Gasteiger charge is 2.33. The van der Waals surface area contributed by atoms with Gasteiger partial charge in [-0.05, 0) is 51.6 Å². The molecule has 1 fully saturated rings. The number of hydrogen-bond acceptors (Lipinski definition) is 3. The van der Waals surface area contributed by atoms with Crippen molar-refractivity contribution in [2.45, 2.75) is 65.3 Å². The Morgan fingerprint density at radius 3 is 2.74 bits per heavy atom. The highest BCUT2D eigenvalue weighted by Crippen LogP contribution is 2.25. The highest BCUT2D eigenvalue weighted by atomic mass is 16.5. The van der Waals surface area contributed by atoms with Crippen LogP contribution in [0.2, 0.25) is 0 Å². The Hall–Kier alpha value is -0.830. The minimum Gasteiger partial charge on any atom is -0.476 e. The summed E-state index contributed by atoms with van der Waals surface area (Å²) < 4.78 is 5.80. The van der Waals surface area contributed by atoms with E-state index in [1.54, 1.807) is 0 Å². The van der Waals surface area contributed by atoms with E-state index in [1.165, 1.54) is 19.3 Å². The van der Waals surface area contributed by atoms with Gasteiger partial charge in [-0.1, -0.05) is 27.2 Å². The summed E-state index contributed by atoms with van der Waals surface area (Å²) in [5.41, 5.74) is 1.26. The lowest BCUT2D eigenvalue weighted by molar-refractivity contribution is 0.124. The van der Waals surface area contributed by atoms with Gasteiger partial charge in [-0.15, -0.1) is 0 Å². The molecule has 0 amide bonds. The lowest BCUT2D eigenvalue weighted by atomic mass is 9.93. The fourth-order valence-electron chi connectivity index (χ4n) is 2.61. The van der Waals surface area contributed by atoms with Crippen molar-refractivity contribution in [3.63, 3.8) is 0 Å². The van der Waals surface area contributed by atoms with E-state index in [0.717, 1.165) is 25.1 Å². The monoisotopic (exact) mass is 266 g/mol. The third kappa shape index (κ3) is 4.98. The van der Waals surface area contributed by atoms with Crippen molar-refractivity contribution >= 4 is 5.71 Å². The Balaban J connectivity index is 2.48. The second kappa shape index (κ2) is 7.68. The van der Waals surface area contributed by atoms with E-state index in [-0.39, 0.29) is 5.54 Å². The molecule has 3 heteroatoms. The molecule has 0 aliphatic carbocycles. The SMILES string of the molecule is C=C(/N=C(/C)C(C)CC)OCC1(CCC)CCCN1. The van der Waals surface area contributed by atoms with Crippen LogP contribution in [0, 0.1) is 5.92 Å². The normalized spacial score (nSPS) is 25.4. The molecule has 1 N–H and O–H groups in total. The second-order valence-electron chi connectivity index (χ2n) is 5.81. The standard InChI is InChI=1S/C16H30N2O/c1-6-9-16(10-8-11-17-16)12-19-15(5)18-14(4)13(3)7-2/h13,17H,5-12H2,1-4H3/b18-14-. The number of ether oxygens (including phenoxy) is 1. The van der Waals surface area contributed by atoms with Crippen LogP contribution in [-0.2, 0) is 4.74 Å². The van der Waals surface area contributed by atoms with Crippen molar-refractivity contribution in [1.29, 1.82) is 0 Å². The molecule has 3 nitrogen and oxygen atoms in total. The van der Waals surface area contributed by atoms with Crippen molar-refractivity contribution in [3.8, 4) is 0 Å². The maximum Gasteiger partial charge on any atom is 0.205 e. The van der Waals surface area contributed by atoms with E-state index >= 15 is 0 Å². The molecule has 0 radical (unpaired) electrons. The first-order valence-electron chi connectivity index (χ1n) is 7.65. The number of aliphatic imine (C=N–C) groups is 1. The van der Waals surface area contributed by atoms with Crippen LogP contribution >= 0.6 is 0 Å². The Labute approximate surface area is 118 Å². The van der Waals surface area contributed by atoms with Crippen LogP contribution < -0.4 is 5.32 Å². The van der Waals surface area contributed by atoms with Crippen molar-refractivity contribution in [1.82, 2.24) is 5.32 Å². The molecule has 0 aromatic rings. The average Bonchev–Trinajstić information content (AvgIpc) is 2.85. The molecular formula is C16H30N2O. The van der Waals surface area contributed by atoms with Crippen LogP contribution in [0.4, 0.5) is 0 Å². The molecule has 0 bridgehead atoms. The van der Waals surface area contributed by atoms with Crippen LogP contribution in [0.15, 0.2) is 17.5 Å². The van der Waals surface area contributed by atoms with Gasteiger partial charge in [0.15, 0.2) is 0 Å². The summed E-state index contributed by atoms with van der Waals surface area (Å²) in [4.78, 5) is 4.47. The van der Waals surface area contributed by atoms with E-state index in [4.69, 9.17) is 4.74 Å². The molecule has 1 rings (SSSR count). The average molecular weight is 266 g/mol. The van der Waals surface area contributed by atoms with Crippen LogP contribution in [-0.4, -0.2) is 24.4 Å². The maximum absolute atomic E-state index is 5.80. The Morgan fingerprint density at radius 2 is 2.21 bits per heavy atom. The molecule has 110 valence electrons. The molecule has 2 unspecified atom stereocenters. The fourth-order valence-corrected chi connectivity index (χ4v) is 2.61. The van der Waals surface area contributed by atoms with Crippen LogP contribution in [0.25, 0.3) is 0 Å². The van der Waals surface area contributed by atoms with Crippen LogP contribution in [0.1, 0.15) is 59.8 Å². The zero-order valence-electron chi connectivity index (χ0n) is 13.1. The molecule has 1 heterocycles. The first kappa shape index (κ1) is 16.2. The van der Waals surface area contributed by atoms with Gasteiger partial charge in [0.1, 0.15) is 6.61 Å². The molecule has 1 aliphatic heterocycles. The van der Waals surface area contributed by atoms with Gasteiger partial charge in [-0.2, -0.15) is 0 Å². The van der Waals surface area contributed by atoms with Gasteiger partial charge in [0.25, 0.3) is 0 Å². The third-order valence-electron chi connectivity index (χ3n) is 4.20. The fraction of sp³-hybridized carbons (Fsp3) is 0.812. The molecule has 2 atom stereocenters. The molecule has 0 spiro atoms. The second-order valence-corrected chi connectivity index (χ2v) is 5.81. The predicted molar refractivity (Wildman–Crippen MR) is 82.5 cm³/mol. The molecule has 1 aliphatic rings. The first-order valence-corrected chi connectivity index (χ1v) is 7.65. The smallest absolute Gasteiger partial charge is 0.205 e. The predicted octanol–water partition coefficient (Wildman–Crippen LogP) is 3.90. The van der Waals surface area contributed by atoms with E-state index in [1.807, 2.05) is 0 Å². The van der Waals surface area contributed by atoms with Gasteiger partial charge in [0.2, 0.25) is 5.88 Å². The Bertz CT molecular complexity index is 317. The first-order chi connectivity index (χ1) is 9.03. The van der Waals surface area contributed by atoms with Gasteiger partial charge >= 0.3 is 0 Å². The molecular weight excluding hydrogens is 236 g/mol. The number of nitrogens with one attached hydrogen (secondary N) is 1. The van der Waals surface area contributed by atoms with E-state index in [9.17, 15) is 0 Å². The number of rotatable bonds is 8. The number of hydrogen-bond donors (Lipinski definition) is 1. The number of nitrogens with zero attached hydrogens (tertiary/aromatic N) is 1. The summed E-state index contributed by atoms with van der Waals surface area (Å²) >= 11 is 0. The van der Waals surface area contributed by atoms with Gasteiger partial charge in [-0.3, -0.25) is 0 Å². The zero-order valence-corrected chi connectivity index (χ0v) is 13.1. The maximum atomic E-state index is 5.80. The summed E-state index contributed by atoms with van der Waals surface area (Å²) in [6.45, 7) is 14.4. The molecule has 19 heavy (non-hydrogen) atoms. The van der Waals surface area contributed by atoms with Gasteiger partial charge in [-0.25, -0.2) is 4.99 Å². The van der Waals surface area contributed by atoms with Crippen molar-refractivity contribution in [2.24, 2.45) is 10.9 Å². The lowest BCUT2D eigenvalue weighted by Gasteiger charge is -2.29. The van der Waals surface area contributed by atoms with Gasteiger partial charge in [0.05, 0.1) is 5.54 Å². The minimum absolute atomic E-state index is 0.150. The molecule has 0 aromatic carbocycles. The van der Waals surface area contributed by atoms with E-state index < -0.39 is 0 Å². The van der Waals surface area contributed by atoms with Gasteiger partial charge < -0.3 is 10.1 Å². The summed E-state index contributed by atoms with van der Waals surface area (Å²) in [6.07, 6.45) is 5.88. The Morgan fingerprint density at radius 1 is 1.47 bits per heavy atom. The molecule has 0 saturated carbocycles. The van der Waals surface area contributed by atoms with E-state index in [2.05, 4.69) is 44.6 Å². The summed E-state index contributed by atoms with van der Waals surface area (Å²) in [7, 11) is 0. The summed E-state index contributed by atoms with van der Waals surface area (Å²) in [5.74, 6) is 1.05. The topological polar surface area (TPSA) is 33.6 Å². The largest absolute Gasteiger partial charge is 0.476 e. The lowest BCUT2D eigenvalue weighted by Crippen LogP contribution is -2.44. The quantitative estimate of drug-likeness (QED) is 0.534. The van der Waals surface area contributed by atoms with Crippen molar-refractivity contribution in [3.05, 3.63) is 12.5 Å². The summed E-state index contributed by atoms with van der Waals surface area (Å²) in [5, 5.41) is 3.60. The van der Waals surface area contributed by atoms with Crippen molar-refractivity contribution in [2.75, 3.05) is 13.2 Å². The minimum atomic E-state index is 0.150. The zero-order chi connectivity index (χ0) is 14.3. The van der Waals surface area contributed by atoms with Gasteiger partial charge in [0, 0.05) is 5.71 Å². The molecule has 1 saturated heterocycles.